The number of aromatic nitrogens is 3. The summed E-state index contributed by atoms with van der Waals surface area (Å²) in [6.07, 6.45) is 3.12. The minimum absolute atomic E-state index is 0.283. The molecule has 0 amide bonds. The predicted molar refractivity (Wildman–Crippen MR) is 111 cm³/mol. The fourth-order valence-corrected chi connectivity index (χ4v) is 3.01. The lowest BCUT2D eigenvalue weighted by atomic mass is 10.2. The van der Waals surface area contributed by atoms with Gasteiger partial charge in [0.2, 0.25) is 0 Å². The molecule has 8 heteroatoms. The Kier molecular flexibility index (Phi) is 5.32. The van der Waals surface area contributed by atoms with Crippen molar-refractivity contribution in [2.45, 2.75) is 0 Å². The number of rotatable bonds is 5. The van der Waals surface area contributed by atoms with Crippen molar-refractivity contribution < 1.29 is 4.42 Å². The smallest absolute Gasteiger partial charge is 0.263 e. The second-order valence-electron chi connectivity index (χ2n) is 5.73. The van der Waals surface area contributed by atoms with Crippen LogP contribution in [0.4, 0.5) is 5.95 Å². The zero-order chi connectivity index (χ0) is 19.3. The largest absolute Gasteiger partial charge is 0.455 e. The van der Waals surface area contributed by atoms with Crippen molar-refractivity contribution in [3.05, 3.63) is 82.7 Å². The van der Waals surface area contributed by atoms with Gasteiger partial charge < -0.3 is 4.42 Å². The van der Waals surface area contributed by atoms with E-state index in [9.17, 15) is 0 Å². The standard InChI is InChI=1S/C20H13Cl2N5O/c21-14-6-8-16(17(22)10-14)19-9-7-15(28-19)11-23-26-20-25-18(12-24-27-20)13-4-2-1-3-5-13/h1-12H,(H,25,26,27)/b23-11-. The molecule has 4 aromatic rings. The van der Waals surface area contributed by atoms with E-state index in [0.29, 0.717) is 27.3 Å². The summed E-state index contributed by atoms with van der Waals surface area (Å²) in [4.78, 5) is 4.39. The van der Waals surface area contributed by atoms with Crippen LogP contribution >= 0.6 is 23.2 Å². The lowest BCUT2D eigenvalue weighted by Gasteiger charge is -2.02. The van der Waals surface area contributed by atoms with Gasteiger partial charge in [-0.05, 0) is 30.3 Å². The Bertz CT molecular complexity index is 1130. The maximum absolute atomic E-state index is 6.21. The number of hydrogen-bond acceptors (Lipinski definition) is 6. The number of nitrogens with one attached hydrogen (secondary N) is 1. The van der Waals surface area contributed by atoms with Crippen LogP contribution in [-0.4, -0.2) is 21.4 Å². The minimum atomic E-state index is 0.283. The first-order chi connectivity index (χ1) is 13.7. The third-order valence-corrected chi connectivity index (χ3v) is 4.36. The number of nitrogens with zero attached hydrogens (tertiary/aromatic N) is 4. The Morgan fingerprint density at radius 1 is 1.00 bits per heavy atom. The maximum atomic E-state index is 6.21. The topological polar surface area (TPSA) is 76.2 Å². The van der Waals surface area contributed by atoms with E-state index in [1.165, 1.54) is 6.21 Å². The fraction of sp³-hybridized carbons (Fsp3) is 0. The highest BCUT2D eigenvalue weighted by Gasteiger charge is 2.08. The Balaban J connectivity index is 1.47. The van der Waals surface area contributed by atoms with Gasteiger partial charge >= 0.3 is 0 Å². The molecule has 0 aliphatic rings. The maximum Gasteiger partial charge on any atom is 0.263 e. The number of halogens is 2. The first-order valence-electron chi connectivity index (χ1n) is 8.28. The molecule has 1 N–H and O–H groups in total. The zero-order valence-corrected chi connectivity index (χ0v) is 15.9. The second kappa shape index (κ2) is 8.21. The molecule has 0 fully saturated rings. The van der Waals surface area contributed by atoms with E-state index in [0.717, 1.165) is 11.1 Å². The van der Waals surface area contributed by atoms with E-state index in [2.05, 4.69) is 25.7 Å². The molecular weight excluding hydrogens is 397 g/mol. The third kappa shape index (κ3) is 4.19. The van der Waals surface area contributed by atoms with Crippen molar-refractivity contribution in [1.82, 2.24) is 15.2 Å². The van der Waals surface area contributed by atoms with Crippen LogP contribution in [0.2, 0.25) is 10.0 Å². The summed E-state index contributed by atoms with van der Waals surface area (Å²) in [5, 5.41) is 13.1. The normalized spacial score (nSPS) is 11.1. The first kappa shape index (κ1) is 18.2. The summed E-state index contributed by atoms with van der Waals surface area (Å²) in [6.45, 7) is 0. The van der Waals surface area contributed by atoms with Crippen molar-refractivity contribution in [3.8, 4) is 22.6 Å². The van der Waals surface area contributed by atoms with Gasteiger partial charge in [0.15, 0.2) is 0 Å². The number of hydrogen-bond donors (Lipinski definition) is 1. The van der Waals surface area contributed by atoms with E-state index >= 15 is 0 Å². The lowest BCUT2D eigenvalue weighted by Crippen LogP contribution is -1.99. The van der Waals surface area contributed by atoms with Crippen LogP contribution in [0, 0.1) is 0 Å². The van der Waals surface area contributed by atoms with E-state index in [4.69, 9.17) is 27.6 Å². The quantitative estimate of drug-likeness (QED) is 0.345. The highest BCUT2D eigenvalue weighted by Crippen LogP contribution is 2.31. The Morgan fingerprint density at radius 2 is 1.86 bits per heavy atom. The average Bonchev–Trinajstić information content (AvgIpc) is 3.17. The minimum Gasteiger partial charge on any atom is -0.455 e. The first-order valence-corrected chi connectivity index (χ1v) is 9.04. The summed E-state index contributed by atoms with van der Waals surface area (Å²) in [7, 11) is 0. The fourth-order valence-electron chi connectivity index (χ4n) is 2.51. The van der Waals surface area contributed by atoms with Crippen molar-refractivity contribution in [2.24, 2.45) is 5.10 Å². The lowest BCUT2D eigenvalue weighted by molar-refractivity contribution is 0.575. The van der Waals surface area contributed by atoms with Gasteiger partial charge in [0.25, 0.3) is 5.95 Å². The molecule has 0 saturated carbocycles. The van der Waals surface area contributed by atoms with E-state index in [1.54, 1.807) is 30.5 Å². The van der Waals surface area contributed by atoms with Crippen LogP contribution in [-0.2, 0) is 0 Å². The summed E-state index contributed by atoms with van der Waals surface area (Å²) in [5.41, 5.74) is 5.15. The van der Waals surface area contributed by atoms with Crippen LogP contribution in [0.25, 0.3) is 22.6 Å². The molecule has 2 aromatic heterocycles. The highest BCUT2D eigenvalue weighted by atomic mass is 35.5. The molecule has 2 heterocycles. The van der Waals surface area contributed by atoms with Crippen LogP contribution in [0.3, 0.4) is 0 Å². The molecule has 6 nitrogen and oxygen atoms in total. The second-order valence-corrected chi connectivity index (χ2v) is 6.57. The van der Waals surface area contributed by atoms with Gasteiger partial charge in [0.05, 0.1) is 23.1 Å². The van der Waals surface area contributed by atoms with Crippen molar-refractivity contribution in [3.63, 3.8) is 0 Å². The third-order valence-electron chi connectivity index (χ3n) is 3.81. The Hall–Kier alpha value is -3.22. The van der Waals surface area contributed by atoms with E-state index < -0.39 is 0 Å². The SMILES string of the molecule is Clc1ccc(-c2ccc(/C=N\Nc3nncc(-c4ccccc4)n3)o2)c(Cl)c1. The predicted octanol–water partition coefficient (Wildman–Crippen LogP) is 5.55. The molecule has 0 bridgehead atoms. The summed E-state index contributed by atoms with van der Waals surface area (Å²) in [6, 6.07) is 18.5. The molecule has 0 aliphatic carbocycles. The molecule has 0 radical (unpaired) electrons. The molecule has 0 spiro atoms. The molecule has 0 saturated heterocycles. The van der Waals surface area contributed by atoms with Crippen LogP contribution in [0.15, 0.2) is 76.4 Å². The monoisotopic (exact) mass is 409 g/mol. The molecule has 138 valence electrons. The molecule has 0 unspecified atom stereocenters. The number of hydrazone groups is 1. The number of benzene rings is 2. The van der Waals surface area contributed by atoms with Crippen molar-refractivity contribution in [2.75, 3.05) is 5.43 Å². The van der Waals surface area contributed by atoms with Gasteiger partial charge in [-0.2, -0.15) is 10.2 Å². The van der Waals surface area contributed by atoms with Gasteiger partial charge in [-0.1, -0.05) is 53.5 Å². The van der Waals surface area contributed by atoms with Gasteiger partial charge in [0.1, 0.15) is 11.5 Å². The van der Waals surface area contributed by atoms with Crippen LogP contribution < -0.4 is 5.43 Å². The molecule has 0 aliphatic heterocycles. The van der Waals surface area contributed by atoms with Crippen molar-refractivity contribution >= 4 is 35.4 Å². The highest BCUT2D eigenvalue weighted by molar-refractivity contribution is 6.36. The average molecular weight is 410 g/mol. The van der Waals surface area contributed by atoms with Gasteiger partial charge in [-0.3, -0.25) is 0 Å². The number of anilines is 1. The number of furan rings is 1. The zero-order valence-electron chi connectivity index (χ0n) is 14.4. The Morgan fingerprint density at radius 3 is 2.68 bits per heavy atom. The molecule has 4 rings (SSSR count). The van der Waals surface area contributed by atoms with E-state index in [1.807, 2.05) is 36.4 Å². The van der Waals surface area contributed by atoms with E-state index in [-0.39, 0.29) is 5.95 Å². The Labute approximate surface area is 170 Å². The molecular formula is C20H13Cl2N5O. The molecule has 2 aromatic carbocycles. The summed E-state index contributed by atoms with van der Waals surface area (Å²) < 4.78 is 5.75. The van der Waals surface area contributed by atoms with Crippen molar-refractivity contribution in [1.29, 1.82) is 0 Å². The summed E-state index contributed by atoms with van der Waals surface area (Å²) >= 11 is 12.1. The van der Waals surface area contributed by atoms with Gasteiger partial charge in [-0.25, -0.2) is 10.4 Å². The van der Waals surface area contributed by atoms with Gasteiger partial charge in [-0.15, -0.1) is 5.10 Å². The van der Waals surface area contributed by atoms with Crippen LogP contribution in [0.5, 0.6) is 0 Å². The van der Waals surface area contributed by atoms with Gasteiger partial charge in [0, 0.05) is 16.1 Å². The van der Waals surface area contributed by atoms with Crippen LogP contribution in [0.1, 0.15) is 5.76 Å². The molecule has 28 heavy (non-hydrogen) atoms. The summed E-state index contributed by atoms with van der Waals surface area (Å²) in [5.74, 6) is 1.44. The molecule has 0 atom stereocenters.